The van der Waals surface area contributed by atoms with E-state index in [1.165, 1.54) is 11.1 Å². The van der Waals surface area contributed by atoms with Crippen LogP contribution >= 0.6 is 0 Å². The second kappa shape index (κ2) is 5.94. The summed E-state index contributed by atoms with van der Waals surface area (Å²) in [6, 6.07) is 8.28. The Hall–Kier alpha value is -1.39. The molecule has 3 rings (SSSR count). The molecule has 1 aromatic carbocycles. The standard InChI is InChI=1S/C16H22N2O2/c1-20-14-7-4-8-18(11-14)16(19)15-9-12-5-2-3-6-13(12)10-17-15/h2-3,5-6,14-15,17H,4,7-11H2,1H3/t14-,15+/m0/s1. The van der Waals surface area contributed by atoms with Crippen LogP contribution in [0.1, 0.15) is 24.0 Å². The molecule has 4 heteroatoms. The van der Waals surface area contributed by atoms with Crippen molar-refractivity contribution in [3.63, 3.8) is 0 Å². The van der Waals surface area contributed by atoms with E-state index >= 15 is 0 Å². The number of carbonyl (C=O) groups excluding carboxylic acids is 1. The summed E-state index contributed by atoms with van der Waals surface area (Å²) in [4.78, 5) is 14.6. The molecule has 2 aliphatic heterocycles. The number of likely N-dealkylation sites (tertiary alicyclic amines) is 1. The van der Waals surface area contributed by atoms with E-state index in [0.29, 0.717) is 0 Å². The van der Waals surface area contributed by atoms with E-state index in [1.54, 1.807) is 7.11 Å². The number of benzene rings is 1. The van der Waals surface area contributed by atoms with Gasteiger partial charge in [-0.05, 0) is 30.4 Å². The fourth-order valence-electron chi connectivity index (χ4n) is 3.18. The molecule has 0 aromatic heterocycles. The Morgan fingerprint density at radius 2 is 2.15 bits per heavy atom. The van der Waals surface area contributed by atoms with Gasteiger partial charge in [0, 0.05) is 26.7 Å². The van der Waals surface area contributed by atoms with Gasteiger partial charge in [-0.15, -0.1) is 0 Å². The average molecular weight is 274 g/mol. The number of ether oxygens (including phenoxy) is 1. The molecule has 0 bridgehead atoms. The maximum atomic E-state index is 12.6. The lowest BCUT2D eigenvalue weighted by molar-refractivity contribution is -0.137. The highest BCUT2D eigenvalue weighted by atomic mass is 16.5. The summed E-state index contributed by atoms with van der Waals surface area (Å²) in [7, 11) is 1.73. The van der Waals surface area contributed by atoms with E-state index in [2.05, 4.69) is 23.5 Å². The van der Waals surface area contributed by atoms with Gasteiger partial charge in [0.2, 0.25) is 5.91 Å². The molecular formula is C16H22N2O2. The second-order valence-corrected chi connectivity index (χ2v) is 5.69. The zero-order valence-electron chi connectivity index (χ0n) is 12.0. The van der Waals surface area contributed by atoms with Gasteiger partial charge in [0.15, 0.2) is 0 Å². The van der Waals surface area contributed by atoms with Crippen molar-refractivity contribution in [3.8, 4) is 0 Å². The number of hydrogen-bond acceptors (Lipinski definition) is 3. The predicted molar refractivity (Wildman–Crippen MR) is 77.4 cm³/mol. The van der Waals surface area contributed by atoms with Crippen LogP contribution in [0.5, 0.6) is 0 Å². The summed E-state index contributed by atoms with van der Waals surface area (Å²) in [5, 5.41) is 3.37. The smallest absolute Gasteiger partial charge is 0.240 e. The third kappa shape index (κ3) is 2.72. The first kappa shape index (κ1) is 13.6. The summed E-state index contributed by atoms with van der Waals surface area (Å²) in [5.41, 5.74) is 2.61. The predicted octanol–water partition coefficient (Wildman–Crippen LogP) is 1.34. The maximum Gasteiger partial charge on any atom is 0.240 e. The highest BCUT2D eigenvalue weighted by Crippen LogP contribution is 2.19. The molecule has 1 fully saturated rings. The molecule has 1 amide bonds. The first-order chi connectivity index (χ1) is 9.78. The molecule has 2 heterocycles. The van der Waals surface area contributed by atoms with Gasteiger partial charge in [0.1, 0.15) is 0 Å². The van der Waals surface area contributed by atoms with Crippen LogP contribution in [0.3, 0.4) is 0 Å². The van der Waals surface area contributed by atoms with Gasteiger partial charge in [-0.2, -0.15) is 0 Å². The first-order valence-electron chi connectivity index (χ1n) is 7.39. The Morgan fingerprint density at radius 3 is 2.95 bits per heavy atom. The van der Waals surface area contributed by atoms with Crippen molar-refractivity contribution in [1.82, 2.24) is 10.2 Å². The van der Waals surface area contributed by atoms with E-state index in [1.807, 2.05) is 11.0 Å². The largest absolute Gasteiger partial charge is 0.380 e. The van der Waals surface area contributed by atoms with Crippen LogP contribution in [0.15, 0.2) is 24.3 Å². The summed E-state index contributed by atoms with van der Waals surface area (Å²) in [6.45, 7) is 2.38. The number of methoxy groups -OCH3 is 1. The summed E-state index contributed by atoms with van der Waals surface area (Å²) >= 11 is 0. The molecule has 2 aliphatic rings. The van der Waals surface area contributed by atoms with Gasteiger partial charge in [-0.25, -0.2) is 0 Å². The van der Waals surface area contributed by atoms with E-state index in [4.69, 9.17) is 4.74 Å². The SMILES string of the molecule is CO[C@H]1CCCN(C(=O)[C@H]2Cc3ccccc3CN2)C1. The summed E-state index contributed by atoms with van der Waals surface area (Å²) < 4.78 is 5.40. The number of carbonyl (C=O) groups is 1. The van der Waals surface area contributed by atoms with Crippen molar-refractivity contribution in [1.29, 1.82) is 0 Å². The highest BCUT2D eigenvalue weighted by molar-refractivity contribution is 5.82. The van der Waals surface area contributed by atoms with Crippen LogP contribution in [0.2, 0.25) is 0 Å². The van der Waals surface area contributed by atoms with Crippen molar-refractivity contribution in [2.24, 2.45) is 0 Å². The van der Waals surface area contributed by atoms with Crippen LogP contribution in [-0.2, 0) is 22.5 Å². The van der Waals surface area contributed by atoms with E-state index < -0.39 is 0 Å². The number of fused-ring (bicyclic) bond motifs is 1. The lowest BCUT2D eigenvalue weighted by Gasteiger charge is -2.36. The van der Waals surface area contributed by atoms with Crippen LogP contribution in [0.4, 0.5) is 0 Å². The maximum absolute atomic E-state index is 12.6. The Morgan fingerprint density at radius 1 is 1.35 bits per heavy atom. The Labute approximate surface area is 120 Å². The van der Waals surface area contributed by atoms with Crippen LogP contribution in [0.25, 0.3) is 0 Å². The lowest BCUT2D eigenvalue weighted by atomic mass is 9.94. The van der Waals surface area contributed by atoms with Crippen molar-refractivity contribution in [2.45, 2.75) is 38.0 Å². The fraction of sp³-hybridized carbons (Fsp3) is 0.562. The average Bonchev–Trinajstić information content (AvgIpc) is 2.53. The third-order valence-corrected chi connectivity index (χ3v) is 4.40. The minimum atomic E-state index is -0.0829. The molecule has 0 unspecified atom stereocenters. The zero-order valence-corrected chi connectivity index (χ0v) is 12.0. The molecule has 108 valence electrons. The molecule has 0 radical (unpaired) electrons. The highest BCUT2D eigenvalue weighted by Gasteiger charge is 2.30. The molecule has 1 aromatic rings. The molecule has 0 saturated carbocycles. The van der Waals surface area contributed by atoms with Gasteiger partial charge in [0.25, 0.3) is 0 Å². The van der Waals surface area contributed by atoms with E-state index in [0.717, 1.165) is 38.9 Å². The number of nitrogens with one attached hydrogen (secondary N) is 1. The first-order valence-corrected chi connectivity index (χ1v) is 7.39. The molecular weight excluding hydrogens is 252 g/mol. The van der Waals surface area contributed by atoms with Gasteiger partial charge < -0.3 is 15.0 Å². The third-order valence-electron chi connectivity index (χ3n) is 4.40. The molecule has 2 atom stereocenters. The topological polar surface area (TPSA) is 41.6 Å². The number of hydrogen-bond donors (Lipinski definition) is 1. The summed E-state index contributed by atoms with van der Waals surface area (Å²) in [6.07, 6.45) is 3.08. The van der Waals surface area contributed by atoms with Crippen molar-refractivity contribution < 1.29 is 9.53 Å². The fourth-order valence-corrected chi connectivity index (χ4v) is 3.18. The number of nitrogens with zero attached hydrogens (tertiary/aromatic N) is 1. The molecule has 4 nitrogen and oxygen atoms in total. The van der Waals surface area contributed by atoms with Gasteiger partial charge in [0.05, 0.1) is 12.1 Å². The Balaban J connectivity index is 1.67. The van der Waals surface area contributed by atoms with Crippen LogP contribution < -0.4 is 5.32 Å². The van der Waals surface area contributed by atoms with Crippen LogP contribution in [-0.4, -0.2) is 43.2 Å². The zero-order chi connectivity index (χ0) is 13.9. The monoisotopic (exact) mass is 274 g/mol. The number of amides is 1. The number of rotatable bonds is 2. The molecule has 20 heavy (non-hydrogen) atoms. The van der Waals surface area contributed by atoms with E-state index in [9.17, 15) is 4.79 Å². The number of piperidine rings is 1. The quantitative estimate of drug-likeness (QED) is 0.885. The van der Waals surface area contributed by atoms with Gasteiger partial charge in [-0.3, -0.25) is 4.79 Å². The molecule has 1 saturated heterocycles. The molecule has 0 spiro atoms. The molecule has 1 N–H and O–H groups in total. The van der Waals surface area contributed by atoms with E-state index in [-0.39, 0.29) is 18.1 Å². The Kier molecular flexibility index (Phi) is 4.03. The Bertz CT molecular complexity index is 489. The lowest BCUT2D eigenvalue weighted by Crippen LogP contribution is -2.53. The van der Waals surface area contributed by atoms with Crippen molar-refractivity contribution in [2.75, 3.05) is 20.2 Å². The van der Waals surface area contributed by atoms with Crippen molar-refractivity contribution >= 4 is 5.91 Å². The normalized spacial score (nSPS) is 26.1. The van der Waals surface area contributed by atoms with Gasteiger partial charge in [-0.1, -0.05) is 24.3 Å². The summed E-state index contributed by atoms with van der Waals surface area (Å²) in [5.74, 6) is 0.223. The molecule has 0 aliphatic carbocycles. The second-order valence-electron chi connectivity index (χ2n) is 5.69. The van der Waals surface area contributed by atoms with Crippen LogP contribution in [0, 0.1) is 0 Å². The minimum absolute atomic E-state index is 0.0829. The van der Waals surface area contributed by atoms with Crippen molar-refractivity contribution in [3.05, 3.63) is 35.4 Å². The minimum Gasteiger partial charge on any atom is -0.380 e. The van der Waals surface area contributed by atoms with Gasteiger partial charge >= 0.3 is 0 Å².